The lowest BCUT2D eigenvalue weighted by atomic mass is 10.2. The average Bonchev–Trinajstić information content (AvgIpc) is 3.28. The summed E-state index contributed by atoms with van der Waals surface area (Å²) in [7, 11) is 3.53. The van der Waals surface area contributed by atoms with Crippen LogP contribution in [0.4, 0.5) is 5.69 Å². The number of amides is 1. The normalized spacial score (nSPS) is 10.7. The van der Waals surface area contributed by atoms with Gasteiger partial charge in [-0.25, -0.2) is 0 Å². The van der Waals surface area contributed by atoms with Crippen molar-refractivity contribution < 1.29 is 18.9 Å². The van der Waals surface area contributed by atoms with Crippen molar-refractivity contribution in [1.82, 2.24) is 14.7 Å². The number of benzene rings is 1. The first-order chi connectivity index (χ1) is 13.4. The first-order valence-electron chi connectivity index (χ1n) is 8.54. The Bertz CT molecular complexity index is 1010. The zero-order valence-electron chi connectivity index (χ0n) is 15.8. The van der Waals surface area contributed by atoms with E-state index in [2.05, 4.69) is 5.10 Å². The summed E-state index contributed by atoms with van der Waals surface area (Å²) in [4.78, 5) is 24.6. The summed E-state index contributed by atoms with van der Waals surface area (Å²) in [5, 5.41) is 15.2. The van der Waals surface area contributed by atoms with Crippen molar-refractivity contribution >= 4 is 11.6 Å². The van der Waals surface area contributed by atoms with Crippen LogP contribution >= 0.6 is 0 Å². The summed E-state index contributed by atoms with van der Waals surface area (Å²) in [6.45, 7) is 2.32. The molecule has 1 amide bonds. The molecule has 1 aromatic carbocycles. The molecular formula is C19H20N4O5. The zero-order valence-corrected chi connectivity index (χ0v) is 15.8. The van der Waals surface area contributed by atoms with E-state index in [0.717, 1.165) is 11.3 Å². The summed E-state index contributed by atoms with van der Waals surface area (Å²) < 4.78 is 12.8. The van der Waals surface area contributed by atoms with Crippen molar-refractivity contribution in [2.45, 2.75) is 20.1 Å². The second kappa shape index (κ2) is 7.95. The highest BCUT2D eigenvalue weighted by Crippen LogP contribution is 2.27. The minimum Gasteiger partial charge on any atom is -0.479 e. The maximum Gasteiger partial charge on any atom is 0.310 e. The van der Waals surface area contributed by atoms with Gasteiger partial charge in [-0.1, -0.05) is 12.1 Å². The third kappa shape index (κ3) is 4.03. The Morgan fingerprint density at radius 2 is 2.07 bits per heavy atom. The number of hydrogen-bond acceptors (Lipinski definition) is 6. The molecule has 0 saturated carbocycles. The fourth-order valence-corrected chi connectivity index (χ4v) is 2.66. The molecule has 0 spiro atoms. The number of aryl methyl sites for hydroxylation is 1. The molecule has 0 radical (unpaired) electrons. The van der Waals surface area contributed by atoms with Gasteiger partial charge < -0.3 is 14.1 Å². The van der Waals surface area contributed by atoms with Gasteiger partial charge in [-0.15, -0.1) is 0 Å². The van der Waals surface area contributed by atoms with Crippen molar-refractivity contribution in [2.24, 2.45) is 7.05 Å². The number of ether oxygens (including phenoxy) is 1. The Labute approximate surface area is 161 Å². The fourth-order valence-electron chi connectivity index (χ4n) is 2.66. The standard InChI is InChI=1S/C19H20N4O5/c1-13-14(10-20-22(13)3)11-21(2)19(24)18-9-8-15(28-18)12-27-17-7-5-4-6-16(17)23(25)26/h4-10H,11-12H2,1-3H3. The van der Waals surface area contributed by atoms with Crippen LogP contribution in [0.2, 0.25) is 0 Å². The molecule has 3 rings (SSSR count). The molecule has 28 heavy (non-hydrogen) atoms. The Kier molecular flexibility index (Phi) is 5.44. The highest BCUT2D eigenvalue weighted by Gasteiger charge is 2.19. The number of para-hydroxylation sites is 2. The minimum atomic E-state index is -0.512. The second-order valence-electron chi connectivity index (χ2n) is 6.32. The number of nitrogens with zero attached hydrogens (tertiary/aromatic N) is 4. The SMILES string of the molecule is Cc1c(CN(C)C(=O)c2ccc(COc3ccccc3[N+](=O)[O-])o2)cnn1C. The molecule has 0 N–H and O–H groups in total. The minimum absolute atomic E-state index is 0.0242. The van der Waals surface area contributed by atoms with Crippen molar-refractivity contribution in [3.63, 3.8) is 0 Å². The summed E-state index contributed by atoms with van der Waals surface area (Å²) >= 11 is 0. The van der Waals surface area contributed by atoms with Gasteiger partial charge in [0, 0.05) is 38.0 Å². The highest BCUT2D eigenvalue weighted by atomic mass is 16.6. The van der Waals surface area contributed by atoms with Gasteiger partial charge in [-0.05, 0) is 25.1 Å². The van der Waals surface area contributed by atoms with Crippen LogP contribution in [-0.2, 0) is 20.2 Å². The number of rotatable bonds is 7. The highest BCUT2D eigenvalue weighted by molar-refractivity contribution is 5.91. The van der Waals surface area contributed by atoms with E-state index in [1.807, 2.05) is 14.0 Å². The van der Waals surface area contributed by atoms with Crippen LogP contribution in [0.3, 0.4) is 0 Å². The van der Waals surface area contributed by atoms with E-state index < -0.39 is 4.92 Å². The maximum absolute atomic E-state index is 12.6. The lowest BCUT2D eigenvalue weighted by Gasteiger charge is -2.15. The van der Waals surface area contributed by atoms with Gasteiger partial charge in [0.1, 0.15) is 12.4 Å². The van der Waals surface area contributed by atoms with Gasteiger partial charge in [0.2, 0.25) is 0 Å². The molecule has 146 valence electrons. The largest absolute Gasteiger partial charge is 0.479 e. The molecule has 2 heterocycles. The molecule has 0 saturated heterocycles. The summed E-state index contributed by atoms with van der Waals surface area (Å²) in [6, 6.07) is 9.26. The van der Waals surface area contributed by atoms with Gasteiger partial charge in [-0.3, -0.25) is 19.6 Å². The van der Waals surface area contributed by atoms with E-state index in [4.69, 9.17) is 9.15 Å². The second-order valence-corrected chi connectivity index (χ2v) is 6.32. The molecule has 0 aliphatic heterocycles. The summed E-state index contributed by atoms with van der Waals surface area (Å²) in [5.41, 5.74) is 1.81. The van der Waals surface area contributed by atoms with Crippen LogP contribution in [0, 0.1) is 17.0 Å². The van der Waals surface area contributed by atoms with E-state index in [0.29, 0.717) is 12.3 Å². The van der Waals surface area contributed by atoms with E-state index in [9.17, 15) is 14.9 Å². The van der Waals surface area contributed by atoms with Gasteiger partial charge >= 0.3 is 5.69 Å². The maximum atomic E-state index is 12.6. The molecule has 0 fully saturated rings. The summed E-state index contributed by atoms with van der Waals surface area (Å²) in [5.74, 6) is 0.429. The number of nitro benzene ring substituents is 1. The third-order valence-electron chi connectivity index (χ3n) is 4.40. The van der Waals surface area contributed by atoms with Gasteiger partial charge in [-0.2, -0.15) is 5.10 Å². The van der Waals surface area contributed by atoms with Crippen molar-refractivity contribution in [3.8, 4) is 5.75 Å². The molecule has 0 aliphatic rings. The van der Waals surface area contributed by atoms with Gasteiger partial charge in [0.15, 0.2) is 11.5 Å². The Balaban J connectivity index is 1.64. The number of carbonyl (C=O) groups is 1. The third-order valence-corrected chi connectivity index (χ3v) is 4.40. The predicted octanol–water partition coefficient (Wildman–Crippen LogP) is 3.08. The summed E-state index contributed by atoms with van der Waals surface area (Å²) in [6.07, 6.45) is 1.73. The molecule has 9 nitrogen and oxygen atoms in total. The molecule has 0 aliphatic carbocycles. The molecular weight excluding hydrogens is 364 g/mol. The molecule has 0 bridgehead atoms. The number of hydrogen-bond donors (Lipinski definition) is 0. The first kappa shape index (κ1) is 19.2. The number of carbonyl (C=O) groups excluding carboxylic acids is 1. The van der Waals surface area contributed by atoms with E-state index in [1.54, 1.807) is 42.2 Å². The number of aromatic nitrogens is 2. The van der Waals surface area contributed by atoms with Crippen molar-refractivity contribution in [2.75, 3.05) is 7.05 Å². The first-order valence-corrected chi connectivity index (χ1v) is 8.54. The molecule has 9 heteroatoms. The van der Waals surface area contributed by atoms with E-state index in [-0.39, 0.29) is 29.7 Å². The van der Waals surface area contributed by atoms with Crippen LogP contribution in [0.1, 0.15) is 27.6 Å². The van der Waals surface area contributed by atoms with Gasteiger partial charge in [0.25, 0.3) is 5.91 Å². The fraction of sp³-hybridized carbons (Fsp3) is 0.263. The molecule has 0 unspecified atom stereocenters. The van der Waals surface area contributed by atoms with Crippen LogP contribution < -0.4 is 4.74 Å². The quantitative estimate of drug-likeness (QED) is 0.458. The van der Waals surface area contributed by atoms with Crippen LogP contribution in [0.15, 0.2) is 47.0 Å². The Hall–Kier alpha value is -3.62. The van der Waals surface area contributed by atoms with Crippen LogP contribution in [0.25, 0.3) is 0 Å². The number of furan rings is 1. The van der Waals surface area contributed by atoms with Crippen molar-refractivity contribution in [3.05, 3.63) is 75.5 Å². The topological polar surface area (TPSA) is 104 Å². The Morgan fingerprint density at radius 1 is 1.32 bits per heavy atom. The molecule has 2 aromatic heterocycles. The zero-order chi connectivity index (χ0) is 20.3. The lowest BCUT2D eigenvalue weighted by molar-refractivity contribution is -0.386. The van der Waals surface area contributed by atoms with Crippen molar-refractivity contribution in [1.29, 1.82) is 0 Å². The lowest BCUT2D eigenvalue weighted by Crippen LogP contribution is -2.26. The van der Waals surface area contributed by atoms with Crippen LogP contribution in [0.5, 0.6) is 5.75 Å². The monoisotopic (exact) mass is 384 g/mol. The number of nitro groups is 1. The Morgan fingerprint density at radius 3 is 2.75 bits per heavy atom. The smallest absolute Gasteiger partial charge is 0.310 e. The molecule has 3 aromatic rings. The molecule has 0 atom stereocenters. The van der Waals surface area contributed by atoms with Crippen LogP contribution in [-0.4, -0.2) is 32.6 Å². The van der Waals surface area contributed by atoms with E-state index >= 15 is 0 Å². The van der Waals surface area contributed by atoms with Gasteiger partial charge in [0.05, 0.1) is 11.1 Å². The van der Waals surface area contributed by atoms with E-state index in [1.165, 1.54) is 17.0 Å². The predicted molar refractivity (Wildman–Crippen MR) is 99.9 cm³/mol. The average molecular weight is 384 g/mol.